The van der Waals surface area contributed by atoms with Gasteiger partial charge in [-0.05, 0) is 19.4 Å². The van der Waals surface area contributed by atoms with Gasteiger partial charge in [0.05, 0.1) is 12.6 Å². The molecule has 0 aliphatic carbocycles. The van der Waals surface area contributed by atoms with Crippen molar-refractivity contribution < 1.29 is 14.2 Å². The highest BCUT2D eigenvalue weighted by Crippen LogP contribution is 2.44. The zero-order valence-electron chi connectivity index (χ0n) is 13.6. The van der Waals surface area contributed by atoms with Crippen LogP contribution in [0.15, 0.2) is 11.4 Å². The van der Waals surface area contributed by atoms with Gasteiger partial charge in [0.2, 0.25) is 5.95 Å². The SMILES string of the molecule is CC1(C)O[C@@H]2[C@H](O1)[C@@H](CN=[N+]=[N-])O[C@H]2n1c(N)nc2c(N)ncnc21. The summed E-state index contributed by atoms with van der Waals surface area (Å²) >= 11 is 0. The van der Waals surface area contributed by atoms with Crippen LogP contribution in [0.1, 0.15) is 20.1 Å². The maximum Gasteiger partial charge on any atom is 0.204 e. The molecule has 0 spiro atoms. The van der Waals surface area contributed by atoms with E-state index in [-0.39, 0.29) is 18.3 Å². The van der Waals surface area contributed by atoms with Crippen LogP contribution in [0.25, 0.3) is 21.6 Å². The number of nitrogens with two attached hydrogens (primary N) is 2. The van der Waals surface area contributed by atoms with Crippen LogP contribution in [-0.2, 0) is 14.2 Å². The summed E-state index contributed by atoms with van der Waals surface area (Å²) in [6.45, 7) is 3.72. The molecule has 2 fully saturated rings. The van der Waals surface area contributed by atoms with Crippen molar-refractivity contribution in [3.05, 3.63) is 16.8 Å². The Morgan fingerprint density at radius 3 is 2.84 bits per heavy atom. The number of azide groups is 1. The van der Waals surface area contributed by atoms with E-state index in [1.165, 1.54) is 6.33 Å². The summed E-state index contributed by atoms with van der Waals surface area (Å²) in [5.74, 6) is -0.409. The summed E-state index contributed by atoms with van der Waals surface area (Å²) in [7, 11) is 0. The molecule has 4 N–H and O–H groups in total. The third-order valence-corrected chi connectivity index (χ3v) is 4.24. The lowest BCUT2D eigenvalue weighted by atomic mass is 10.1. The summed E-state index contributed by atoms with van der Waals surface area (Å²) in [5.41, 5.74) is 21.3. The quantitative estimate of drug-likeness (QED) is 0.464. The van der Waals surface area contributed by atoms with Crippen LogP contribution < -0.4 is 11.5 Å². The molecule has 4 heterocycles. The topological polar surface area (TPSA) is 172 Å². The standard InChI is InChI=1S/C13H17N9O3/c1-13(2)24-7-5(3-19-21-16)23-11(8(7)25-13)22-10-6(20-12(22)15)9(14)17-4-18-10/h4-5,7-8,11H,3H2,1-2H3,(H2,15,20)(H2,14,17,18)/t5-,7-,8-,11-/m1/s1. The second kappa shape index (κ2) is 5.43. The molecule has 2 aliphatic heterocycles. The van der Waals surface area contributed by atoms with Crippen molar-refractivity contribution in [1.29, 1.82) is 0 Å². The van der Waals surface area contributed by atoms with Gasteiger partial charge in [0.15, 0.2) is 29.0 Å². The zero-order valence-corrected chi connectivity index (χ0v) is 13.6. The van der Waals surface area contributed by atoms with Crippen molar-refractivity contribution in [2.45, 2.75) is 44.2 Å². The van der Waals surface area contributed by atoms with Crippen LogP contribution in [-0.4, -0.2) is 50.2 Å². The molecule has 2 aromatic rings. The average Bonchev–Trinajstić information content (AvgIpc) is 3.15. The van der Waals surface area contributed by atoms with Crippen LogP contribution in [0.4, 0.5) is 11.8 Å². The van der Waals surface area contributed by atoms with E-state index in [4.69, 9.17) is 31.2 Å². The number of hydrogen-bond acceptors (Lipinski definition) is 9. The number of hydrogen-bond donors (Lipinski definition) is 2. The molecule has 0 bridgehead atoms. The Morgan fingerprint density at radius 1 is 1.32 bits per heavy atom. The van der Waals surface area contributed by atoms with E-state index in [0.29, 0.717) is 11.2 Å². The molecule has 25 heavy (non-hydrogen) atoms. The van der Waals surface area contributed by atoms with E-state index in [1.807, 2.05) is 13.8 Å². The van der Waals surface area contributed by atoms with Gasteiger partial charge >= 0.3 is 0 Å². The highest BCUT2D eigenvalue weighted by atomic mass is 16.8. The minimum atomic E-state index is -0.800. The lowest BCUT2D eigenvalue weighted by Gasteiger charge is -2.24. The van der Waals surface area contributed by atoms with Gasteiger partial charge in [0.25, 0.3) is 0 Å². The maximum atomic E-state index is 8.60. The third-order valence-electron chi connectivity index (χ3n) is 4.24. The number of aromatic nitrogens is 4. The predicted molar refractivity (Wildman–Crippen MR) is 85.9 cm³/mol. The lowest BCUT2D eigenvalue weighted by molar-refractivity contribution is -0.194. The van der Waals surface area contributed by atoms with Crippen molar-refractivity contribution in [3.8, 4) is 0 Å². The predicted octanol–water partition coefficient (Wildman–Crippen LogP) is 0.719. The fraction of sp³-hybridized carbons (Fsp3) is 0.615. The van der Waals surface area contributed by atoms with Crippen molar-refractivity contribution in [3.63, 3.8) is 0 Å². The molecule has 4 atom stereocenters. The molecule has 0 unspecified atom stereocenters. The summed E-state index contributed by atoms with van der Waals surface area (Å²) in [6.07, 6.45) is -0.685. The van der Waals surface area contributed by atoms with E-state index >= 15 is 0 Å². The molecule has 0 saturated carbocycles. The monoisotopic (exact) mass is 347 g/mol. The Morgan fingerprint density at radius 2 is 2.08 bits per heavy atom. The largest absolute Gasteiger partial charge is 0.382 e. The van der Waals surface area contributed by atoms with E-state index < -0.39 is 30.3 Å². The number of nitrogens with zero attached hydrogens (tertiary/aromatic N) is 7. The number of fused-ring (bicyclic) bond motifs is 2. The van der Waals surface area contributed by atoms with Gasteiger partial charge < -0.3 is 25.7 Å². The highest BCUT2D eigenvalue weighted by molar-refractivity contribution is 5.83. The van der Waals surface area contributed by atoms with Gasteiger partial charge in [-0.15, -0.1) is 0 Å². The first-order chi connectivity index (χ1) is 11.9. The summed E-state index contributed by atoms with van der Waals surface area (Å²) < 4.78 is 19.5. The number of nitrogen functional groups attached to an aromatic ring is 2. The molecular weight excluding hydrogens is 330 g/mol. The molecule has 0 aromatic carbocycles. The van der Waals surface area contributed by atoms with Crippen LogP contribution in [0, 0.1) is 0 Å². The Hall–Kier alpha value is -2.66. The van der Waals surface area contributed by atoms with Crippen molar-refractivity contribution in [2.24, 2.45) is 5.11 Å². The molecule has 4 rings (SSSR count). The van der Waals surface area contributed by atoms with Gasteiger partial charge in [-0.3, -0.25) is 4.57 Å². The molecule has 0 amide bonds. The van der Waals surface area contributed by atoms with Gasteiger partial charge in [-0.1, -0.05) is 5.11 Å². The number of imidazole rings is 1. The second-order valence-corrected chi connectivity index (χ2v) is 6.31. The zero-order chi connectivity index (χ0) is 17.8. The van der Waals surface area contributed by atoms with E-state index in [9.17, 15) is 0 Å². The van der Waals surface area contributed by atoms with Crippen molar-refractivity contribution in [1.82, 2.24) is 19.5 Å². The Kier molecular flexibility index (Phi) is 3.44. The number of ether oxygens (including phenoxy) is 3. The van der Waals surface area contributed by atoms with Gasteiger partial charge in [-0.2, -0.15) is 0 Å². The minimum absolute atomic E-state index is 0.108. The van der Waals surface area contributed by atoms with Gasteiger partial charge in [0, 0.05) is 4.91 Å². The molecular formula is C13H17N9O3. The molecule has 2 saturated heterocycles. The van der Waals surface area contributed by atoms with Crippen molar-refractivity contribution in [2.75, 3.05) is 18.0 Å². The van der Waals surface area contributed by atoms with Crippen molar-refractivity contribution >= 4 is 22.9 Å². The van der Waals surface area contributed by atoms with Crippen LogP contribution >= 0.6 is 0 Å². The fourth-order valence-electron chi connectivity index (χ4n) is 3.32. The van der Waals surface area contributed by atoms with Crippen LogP contribution in [0.3, 0.4) is 0 Å². The minimum Gasteiger partial charge on any atom is -0.382 e. The number of rotatable bonds is 3. The van der Waals surface area contributed by atoms with Crippen LogP contribution in [0.5, 0.6) is 0 Å². The van der Waals surface area contributed by atoms with E-state index in [1.54, 1.807) is 4.57 Å². The molecule has 2 aliphatic rings. The van der Waals surface area contributed by atoms with E-state index in [2.05, 4.69) is 25.0 Å². The van der Waals surface area contributed by atoms with E-state index in [0.717, 1.165) is 0 Å². The van der Waals surface area contributed by atoms with Gasteiger partial charge in [0.1, 0.15) is 18.5 Å². The maximum absolute atomic E-state index is 8.60. The highest BCUT2D eigenvalue weighted by Gasteiger charge is 2.56. The molecule has 2 aromatic heterocycles. The molecule has 132 valence electrons. The second-order valence-electron chi connectivity index (χ2n) is 6.31. The first-order valence-electron chi connectivity index (χ1n) is 7.67. The molecule has 12 heteroatoms. The van der Waals surface area contributed by atoms with Gasteiger partial charge in [-0.25, -0.2) is 15.0 Å². The smallest absolute Gasteiger partial charge is 0.204 e. The fourth-order valence-corrected chi connectivity index (χ4v) is 3.32. The first kappa shape index (κ1) is 15.8. The Balaban J connectivity index is 1.79. The third kappa shape index (κ3) is 2.43. The summed E-state index contributed by atoms with van der Waals surface area (Å²) in [4.78, 5) is 15.1. The molecule has 0 radical (unpaired) electrons. The Bertz CT molecular complexity index is 875. The normalized spacial score (nSPS) is 30.3. The average molecular weight is 347 g/mol. The Labute approximate surface area is 141 Å². The summed E-state index contributed by atoms with van der Waals surface area (Å²) in [5, 5.41) is 3.59. The first-order valence-corrected chi connectivity index (χ1v) is 7.67. The van der Waals surface area contributed by atoms with Crippen LogP contribution in [0.2, 0.25) is 0 Å². The number of anilines is 2. The lowest BCUT2D eigenvalue weighted by Crippen LogP contribution is -2.31. The summed E-state index contributed by atoms with van der Waals surface area (Å²) in [6, 6.07) is 0. The molecule has 12 nitrogen and oxygen atoms in total.